The Morgan fingerprint density at radius 2 is 2.35 bits per heavy atom. The first-order valence-corrected chi connectivity index (χ1v) is 6.14. The largest absolute Gasteiger partial charge is 0.436 e. The van der Waals surface area contributed by atoms with E-state index in [0.29, 0.717) is 23.6 Å². The summed E-state index contributed by atoms with van der Waals surface area (Å²) in [4.78, 5) is 14.8. The van der Waals surface area contributed by atoms with Crippen LogP contribution < -0.4 is 5.32 Å². The Labute approximate surface area is 116 Å². The maximum Gasteiger partial charge on any atom is 0.226 e. The van der Waals surface area contributed by atoms with E-state index < -0.39 is 18.0 Å². The van der Waals surface area contributed by atoms with Crippen LogP contribution in [0.15, 0.2) is 21.2 Å². The highest BCUT2D eigenvalue weighted by Crippen LogP contribution is 2.24. The molecule has 7 nitrogen and oxygen atoms in total. The molecule has 0 spiro atoms. The van der Waals surface area contributed by atoms with Gasteiger partial charge in [0.25, 0.3) is 0 Å². The van der Waals surface area contributed by atoms with E-state index in [2.05, 4.69) is 15.5 Å². The molecule has 0 aliphatic carbocycles. The lowest BCUT2D eigenvalue weighted by Gasteiger charge is -2.19. The van der Waals surface area contributed by atoms with Crippen molar-refractivity contribution in [2.75, 3.05) is 0 Å². The molecular formula is C12H14BN3O4. The molecule has 104 valence electrons. The summed E-state index contributed by atoms with van der Waals surface area (Å²) in [5.41, 5.74) is 0.490. The van der Waals surface area contributed by atoms with Crippen molar-refractivity contribution in [3.8, 4) is 11.5 Å². The molecule has 2 aromatic rings. The van der Waals surface area contributed by atoms with Crippen molar-refractivity contribution in [3.05, 3.63) is 23.9 Å². The van der Waals surface area contributed by atoms with Gasteiger partial charge in [-0.25, -0.2) is 4.98 Å². The first-order valence-electron chi connectivity index (χ1n) is 6.14. The van der Waals surface area contributed by atoms with Crippen LogP contribution in [0.25, 0.3) is 11.5 Å². The summed E-state index contributed by atoms with van der Waals surface area (Å²) >= 11 is 0. The van der Waals surface area contributed by atoms with Crippen LogP contribution in [0.2, 0.25) is 0 Å². The van der Waals surface area contributed by atoms with Crippen LogP contribution in [-0.2, 0) is 0 Å². The predicted molar refractivity (Wildman–Crippen MR) is 70.1 cm³/mol. The van der Waals surface area contributed by atoms with Crippen LogP contribution >= 0.6 is 0 Å². The van der Waals surface area contributed by atoms with E-state index in [9.17, 15) is 9.90 Å². The van der Waals surface area contributed by atoms with Crippen LogP contribution in [0.4, 0.5) is 4.79 Å². The van der Waals surface area contributed by atoms with Crippen LogP contribution in [0, 0.1) is 6.92 Å². The summed E-state index contributed by atoms with van der Waals surface area (Å²) in [6.07, 6.45) is 0.826. The first kappa shape index (κ1) is 14.3. The second-order valence-electron chi connectivity index (χ2n) is 4.35. The van der Waals surface area contributed by atoms with Gasteiger partial charge in [-0.1, -0.05) is 12.1 Å². The molecule has 20 heavy (non-hydrogen) atoms. The van der Waals surface area contributed by atoms with E-state index in [-0.39, 0.29) is 5.89 Å². The molecule has 0 bridgehead atoms. The Hall–Kier alpha value is -2.09. The molecule has 0 saturated heterocycles. The maximum absolute atomic E-state index is 10.9. The number of carbonyl (C=O) groups is 1. The van der Waals surface area contributed by atoms with E-state index in [1.54, 1.807) is 19.9 Å². The van der Waals surface area contributed by atoms with Crippen molar-refractivity contribution in [1.29, 1.82) is 0 Å². The zero-order valence-electron chi connectivity index (χ0n) is 11.2. The molecule has 2 rings (SSSR count). The lowest BCUT2D eigenvalue weighted by atomic mass is 10.0. The van der Waals surface area contributed by atoms with Crippen molar-refractivity contribution in [2.45, 2.75) is 32.4 Å². The summed E-state index contributed by atoms with van der Waals surface area (Å²) in [7, 11) is 5.05. The van der Waals surface area contributed by atoms with Gasteiger partial charge in [0.1, 0.15) is 5.76 Å². The minimum atomic E-state index is -1.09. The van der Waals surface area contributed by atoms with E-state index in [1.807, 2.05) is 0 Å². The Kier molecular flexibility index (Phi) is 4.24. The molecule has 2 atom stereocenters. The number of aromatic nitrogens is 2. The third kappa shape index (κ3) is 3.08. The average molecular weight is 275 g/mol. The number of nitrogens with one attached hydrogen (secondary N) is 1. The van der Waals surface area contributed by atoms with Crippen molar-refractivity contribution in [2.24, 2.45) is 0 Å². The van der Waals surface area contributed by atoms with Gasteiger partial charge >= 0.3 is 0 Å². The maximum atomic E-state index is 10.9. The molecule has 0 aliphatic heterocycles. The van der Waals surface area contributed by atoms with Gasteiger partial charge in [0.2, 0.25) is 13.7 Å². The molecule has 2 aromatic heterocycles. The molecule has 1 unspecified atom stereocenters. The topological polar surface area (TPSA) is 101 Å². The molecule has 2 radical (unpaired) electrons. The number of aliphatic hydroxyl groups excluding tert-OH is 1. The molecule has 8 heteroatoms. The molecular weight excluding hydrogens is 261 g/mol. The van der Waals surface area contributed by atoms with Crippen molar-refractivity contribution in [1.82, 2.24) is 15.5 Å². The summed E-state index contributed by atoms with van der Waals surface area (Å²) in [5, 5.41) is 16.4. The predicted octanol–water partition coefficient (Wildman–Crippen LogP) is 1.33. The second kappa shape index (κ2) is 5.91. The van der Waals surface area contributed by atoms with Crippen LogP contribution in [0.1, 0.15) is 31.1 Å². The molecule has 2 heterocycles. The lowest BCUT2D eigenvalue weighted by molar-refractivity contribution is 0.103. The van der Waals surface area contributed by atoms with Gasteiger partial charge in [-0.05, 0) is 13.3 Å². The summed E-state index contributed by atoms with van der Waals surface area (Å²) < 4.78 is 10.4. The highest BCUT2D eigenvalue weighted by Gasteiger charge is 2.25. The number of nitrogens with zero attached hydrogens (tertiary/aromatic N) is 2. The van der Waals surface area contributed by atoms with Gasteiger partial charge < -0.3 is 19.4 Å². The fraction of sp³-hybridized carbons (Fsp3) is 0.417. The van der Waals surface area contributed by atoms with Gasteiger partial charge in [-0.15, -0.1) is 0 Å². The minimum Gasteiger partial charge on any atom is -0.436 e. The quantitative estimate of drug-likeness (QED) is 0.798. The average Bonchev–Trinajstić information content (AvgIpc) is 3.03. The molecule has 0 saturated carbocycles. The third-order valence-electron chi connectivity index (χ3n) is 2.81. The summed E-state index contributed by atoms with van der Waals surface area (Å²) in [6, 6.07) is 1.12. The van der Waals surface area contributed by atoms with Gasteiger partial charge in [-0.2, -0.15) is 0 Å². The van der Waals surface area contributed by atoms with Gasteiger partial charge in [0, 0.05) is 6.07 Å². The fourth-order valence-electron chi connectivity index (χ4n) is 1.78. The third-order valence-corrected chi connectivity index (χ3v) is 2.81. The second-order valence-corrected chi connectivity index (χ2v) is 4.35. The zero-order valence-corrected chi connectivity index (χ0v) is 11.2. The molecule has 0 fully saturated rings. The number of oxazole rings is 1. The van der Waals surface area contributed by atoms with Crippen LogP contribution in [-0.4, -0.2) is 34.9 Å². The van der Waals surface area contributed by atoms with E-state index in [1.165, 1.54) is 6.20 Å². The number of hydrogen-bond donors (Lipinski definition) is 2. The highest BCUT2D eigenvalue weighted by molar-refractivity contribution is 6.57. The van der Waals surface area contributed by atoms with E-state index in [4.69, 9.17) is 16.8 Å². The van der Waals surface area contributed by atoms with Crippen LogP contribution in [0.5, 0.6) is 0 Å². The molecule has 0 aromatic carbocycles. The standard InChI is InChI=1S/C12H14BN3O4/c1-3-7(15-12(13)18)10(17)11-14-5-9(19-11)8-4-6(2)20-16-8/h4-5,7,10,17H,3H2,1-2H3,(H,15,18)/t7-,10?/m0/s1. The number of hydrogen-bond acceptors (Lipinski definition) is 6. The normalized spacial score (nSPS) is 13.9. The number of amides is 1. The van der Waals surface area contributed by atoms with Crippen molar-refractivity contribution >= 4 is 13.7 Å². The SMILES string of the molecule is [B]C(=O)N[C@@H](CC)C(O)c1ncc(-c2cc(C)on2)o1. The number of carbonyl (C=O) groups excluding carboxylic acids is 1. The van der Waals surface area contributed by atoms with E-state index >= 15 is 0 Å². The summed E-state index contributed by atoms with van der Waals surface area (Å²) in [6.45, 7) is 3.56. The van der Waals surface area contributed by atoms with E-state index in [0.717, 1.165) is 0 Å². The minimum absolute atomic E-state index is 0.0845. The Morgan fingerprint density at radius 3 is 2.90 bits per heavy atom. The first-order chi connectivity index (χ1) is 9.51. The van der Waals surface area contributed by atoms with Crippen LogP contribution in [0.3, 0.4) is 0 Å². The molecule has 0 aliphatic rings. The zero-order chi connectivity index (χ0) is 14.7. The number of rotatable bonds is 5. The number of aliphatic hydroxyl groups is 1. The summed E-state index contributed by atoms with van der Waals surface area (Å²) in [5.74, 6) is 0.390. The number of aryl methyl sites for hydroxylation is 1. The van der Waals surface area contributed by atoms with Gasteiger partial charge in [0.05, 0.1) is 12.2 Å². The Morgan fingerprint density at radius 1 is 1.60 bits per heavy atom. The van der Waals surface area contributed by atoms with Crippen molar-refractivity contribution < 1.29 is 18.8 Å². The Balaban J connectivity index is 2.17. The monoisotopic (exact) mass is 275 g/mol. The molecule has 2 N–H and O–H groups in total. The highest BCUT2D eigenvalue weighted by atomic mass is 16.5. The van der Waals surface area contributed by atoms with Gasteiger partial charge in [0.15, 0.2) is 23.4 Å². The molecule has 1 amide bonds. The Bertz CT molecular complexity index is 595. The van der Waals surface area contributed by atoms with Crippen molar-refractivity contribution in [3.63, 3.8) is 0 Å². The van der Waals surface area contributed by atoms with Gasteiger partial charge in [-0.3, -0.25) is 4.79 Å². The smallest absolute Gasteiger partial charge is 0.226 e. The fourth-order valence-corrected chi connectivity index (χ4v) is 1.78. The lowest BCUT2D eigenvalue weighted by Crippen LogP contribution is -2.38.